The molecule has 2 rings (SSSR count). The van der Waals surface area contributed by atoms with Crippen molar-refractivity contribution in [2.24, 2.45) is 0 Å². The molecule has 0 atom stereocenters. The summed E-state index contributed by atoms with van der Waals surface area (Å²) in [5.41, 5.74) is -0.602. The van der Waals surface area contributed by atoms with E-state index in [2.05, 4.69) is 0 Å². The van der Waals surface area contributed by atoms with Gasteiger partial charge in [0.15, 0.2) is 5.56 Å². The number of esters is 1. The number of carbonyl (C=O) groups excluding carboxylic acids is 1. The number of carbonyl (C=O) groups is 1. The molecule has 0 fully saturated rings. The van der Waals surface area contributed by atoms with Gasteiger partial charge in [-0.1, -0.05) is 30.3 Å². The first-order valence-corrected chi connectivity index (χ1v) is 5.91. The molecule has 2 N–H and O–H groups in total. The van der Waals surface area contributed by atoms with E-state index < -0.39 is 33.6 Å². The number of nitro groups is 1. The van der Waals surface area contributed by atoms with Crippen molar-refractivity contribution in [3.63, 3.8) is 0 Å². The fraction of sp³-hybridized carbons (Fsp3) is 0.0714. The first-order chi connectivity index (χ1) is 10.0. The lowest BCUT2D eigenvalue weighted by molar-refractivity contribution is -0.385. The van der Waals surface area contributed by atoms with Crippen LogP contribution in [0.1, 0.15) is 15.9 Å². The third-order valence-electron chi connectivity index (χ3n) is 2.75. The number of nitro benzene ring substituents is 1. The molecule has 0 saturated heterocycles. The van der Waals surface area contributed by atoms with E-state index in [1.54, 1.807) is 30.3 Å². The molecule has 7 heteroatoms. The largest absolute Gasteiger partial charge is 0.507 e. The lowest BCUT2D eigenvalue weighted by Gasteiger charge is -2.08. The van der Waals surface area contributed by atoms with Gasteiger partial charge in [0.1, 0.15) is 12.4 Å². The molecular formula is C14H11NO6. The zero-order valence-corrected chi connectivity index (χ0v) is 10.7. The molecule has 2 aromatic carbocycles. The summed E-state index contributed by atoms with van der Waals surface area (Å²) < 4.78 is 4.93. The van der Waals surface area contributed by atoms with Crippen LogP contribution < -0.4 is 0 Å². The Balaban J connectivity index is 2.23. The quantitative estimate of drug-likeness (QED) is 0.508. The average Bonchev–Trinajstić information content (AvgIpc) is 2.46. The Morgan fingerprint density at radius 2 is 1.81 bits per heavy atom. The second kappa shape index (κ2) is 5.91. The summed E-state index contributed by atoms with van der Waals surface area (Å²) >= 11 is 0. The Hall–Kier alpha value is -3.09. The van der Waals surface area contributed by atoms with Crippen LogP contribution in [0.3, 0.4) is 0 Å². The molecule has 0 saturated carbocycles. The summed E-state index contributed by atoms with van der Waals surface area (Å²) in [6, 6.07) is 10.6. The highest BCUT2D eigenvalue weighted by atomic mass is 16.6. The van der Waals surface area contributed by atoms with Crippen molar-refractivity contribution < 1.29 is 24.7 Å². The van der Waals surface area contributed by atoms with Crippen molar-refractivity contribution in [2.45, 2.75) is 6.61 Å². The predicted molar refractivity (Wildman–Crippen MR) is 72.0 cm³/mol. The number of ether oxygens (including phenoxy) is 1. The van der Waals surface area contributed by atoms with Crippen LogP contribution in [0.5, 0.6) is 11.5 Å². The molecule has 0 heterocycles. The topological polar surface area (TPSA) is 110 Å². The van der Waals surface area contributed by atoms with Gasteiger partial charge in [-0.3, -0.25) is 10.1 Å². The van der Waals surface area contributed by atoms with Gasteiger partial charge in [0.25, 0.3) is 0 Å². The zero-order chi connectivity index (χ0) is 15.4. The maximum Gasteiger partial charge on any atom is 0.346 e. The number of hydrogen-bond donors (Lipinski definition) is 2. The van der Waals surface area contributed by atoms with Crippen molar-refractivity contribution >= 4 is 11.7 Å². The van der Waals surface area contributed by atoms with E-state index in [0.717, 1.165) is 12.1 Å². The van der Waals surface area contributed by atoms with E-state index in [0.29, 0.717) is 5.56 Å². The first-order valence-electron chi connectivity index (χ1n) is 5.91. The zero-order valence-electron chi connectivity index (χ0n) is 10.7. The van der Waals surface area contributed by atoms with Crippen LogP contribution in [0.4, 0.5) is 5.69 Å². The van der Waals surface area contributed by atoms with Crippen LogP contribution in [0.25, 0.3) is 0 Å². The number of phenols is 2. The summed E-state index contributed by atoms with van der Waals surface area (Å²) in [6.45, 7) is -0.0821. The van der Waals surface area contributed by atoms with Crippen molar-refractivity contribution in [1.29, 1.82) is 0 Å². The summed E-state index contributed by atoms with van der Waals surface area (Å²) in [4.78, 5) is 21.7. The van der Waals surface area contributed by atoms with Gasteiger partial charge in [0, 0.05) is 6.07 Å². The minimum atomic E-state index is -1.04. The van der Waals surface area contributed by atoms with E-state index in [1.165, 1.54) is 0 Å². The van der Waals surface area contributed by atoms with E-state index in [1.807, 2.05) is 0 Å². The molecule has 0 aliphatic carbocycles. The van der Waals surface area contributed by atoms with Gasteiger partial charge in [0.2, 0.25) is 5.75 Å². The second-order valence-corrected chi connectivity index (χ2v) is 4.15. The van der Waals surface area contributed by atoms with Crippen LogP contribution in [-0.4, -0.2) is 21.1 Å². The van der Waals surface area contributed by atoms with Crippen LogP contribution in [0, 0.1) is 10.1 Å². The highest BCUT2D eigenvalue weighted by molar-refractivity contribution is 5.96. The Labute approximate surface area is 119 Å². The molecule has 0 aliphatic rings. The number of benzene rings is 2. The molecule has 0 radical (unpaired) electrons. The van der Waals surface area contributed by atoms with E-state index in [-0.39, 0.29) is 6.61 Å². The lowest BCUT2D eigenvalue weighted by atomic mass is 10.1. The van der Waals surface area contributed by atoms with Crippen LogP contribution >= 0.6 is 0 Å². The lowest BCUT2D eigenvalue weighted by Crippen LogP contribution is -2.07. The number of hydrogen-bond acceptors (Lipinski definition) is 6. The first kappa shape index (κ1) is 14.3. The fourth-order valence-corrected chi connectivity index (χ4v) is 1.71. The van der Waals surface area contributed by atoms with Gasteiger partial charge in [0.05, 0.1) is 4.92 Å². The van der Waals surface area contributed by atoms with Gasteiger partial charge >= 0.3 is 11.7 Å². The van der Waals surface area contributed by atoms with Crippen LogP contribution in [-0.2, 0) is 11.3 Å². The molecule has 0 aromatic heterocycles. The van der Waals surface area contributed by atoms with E-state index >= 15 is 0 Å². The van der Waals surface area contributed by atoms with Gasteiger partial charge in [-0.2, -0.15) is 0 Å². The average molecular weight is 289 g/mol. The summed E-state index contributed by atoms with van der Waals surface area (Å²) in [5, 5.41) is 30.0. The van der Waals surface area contributed by atoms with Crippen LogP contribution in [0.2, 0.25) is 0 Å². The maximum atomic E-state index is 11.9. The third-order valence-corrected chi connectivity index (χ3v) is 2.75. The second-order valence-electron chi connectivity index (χ2n) is 4.15. The molecule has 108 valence electrons. The number of phenolic OH excluding ortho intramolecular Hbond substituents is 2. The third kappa shape index (κ3) is 3.08. The standard InChI is InChI=1S/C14H11NO6/c16-11-7-6-10(15(19)20)13(17)12(11)14(18)21-8-9-4-2-1-3-5-9/h1-7,16-17H,8H2. The number of rotatable bonds is 4. The summed E-state index contributed by atoms with van der Waals surface area (Å²) in [6.07, 6.45) is 0. The smallest absolute Gasteiger partial charge is 0.346 e. The maximum absolute atomic E-state index is 11.9. The molecule has 0 aliphatic heterocycles. The molecule has 0 bridgehead atoms. The molecule has 0 amide bonds. The van der Waals surface area contributed by atoms with Crippen LogP contribution in [0.15, 0.2) is 42.5 Å². The minimum absolute atomic E-state index is 0.0821. The van der Waals surface area contributed by atoms with E-state index in [4.69, 9.17) is 4.74 Å². The Bertz CT molecular complexity index is 683. The molecule has 0 spiro atoms. The summed E-state index contributed by atoms with van der Waals surface area (Å²) in [7, 11) is 0. The van der Waals surface area contributed by atoms with Crippen molar-refractivity contribution in [3.05, 3.63) is 63.7 Å². The number of nitrogens with zero attached hydrogens (tertiary/aromatic N) is 1. The normalized spacial score (nSPS) is 10.1. The number of aromatic hydroxyl groups is 2. The fourth-order valence-electron chi connectivity index (χ4n) is 1.71. The molecule has 7 nitrogen and oxygen atoms in total. The minimum Gasteiger partial charge on any atom is -0.507 e. The SMILES string of the molecule is O=C(OCc1ccccc1)c1c(O)ccc([N+](=O)[O-])c1O. The molecule has 0 unspecified atom stereocenters. The van der Waals surface area contributed by atoms with Gasteiger partial charge in [-0.25, -0.2) is 4.79 Å². The molecule has 21 heavy (non-hydrogen) atoms. The van der Waals surface area contributed by atoms with Gasteiger partial charge in [-0.05, 0) is 11.6 Å². The van der Waals surface area contributed by atoms with Crippen molar-refractivity contribution in [3.8, 4) is 11.5 Å². The summed E-state index contributed by atoms with van der Waals surface area (Å²) in [5.74, 6) is -2.55. The highest BCUT2D eigenvalue weighted by Gasteiger charge is 2.26. The Kier molecular flexibility index (Phi) is 4.03. The van der Waals surface area contributed by atoms with Crippen molar-refractivity contribution in [2.75, 3.05) is 0 Å². The van der Waals surface area contributed by atoms with Gasteiger partial charge in [-0.15, -0.1) is 0 Å². The molecule has 2 aromatic rings. The molecular weight excluding hydrogens is 278 g/mol. The van der Waals surface area contributed by atoms with E-state index in [9.17, 15) is 25.1 Å². The van der Waals surface area contributed by atoms with Crippen molar-refractivity contribution in [1.82, 2.24) is 0 Å². The van der Waals surface area contributed by atoms with Gasteiger partial charge < -0.3 is 14.9 Å². The Morgan fingerprint density at radius 3 is 2.43 bits per heavy atom. The Morgan fingerprint density at radius 1 is 1.14 bits per heavy atom. The predicted octanol–water partition coefficient (Wildman–Crippen LogP) is 2.36. The highest BCUT2D eigenvalue weighted by Crippen LogP contribution is 2.36. The monoisotopic (exact) mass is 289 g/mol.